The number of hydrogen-bond donors (Lipinski definition) is 0. The van der Waals surface area contributed by atoms with Gasteiger partial charge in [0.15, 0.2) is 0 Å². The van der Waals surface area contributed by atoms with Crippen molar-refractivity contribution in [2.24, 2.45) is 5.92 Å². The van der Waals surface area contributed by atoms with Gasteiger partial charge in [0.05, 0.1) is 5.56 Å². The summed E-state index contributed by atoms with van der Waals surface area (Å²) in [5, 5.41) is 0. The molecule has 0 unspecified atom stereocenters. The van der Waals surface area contributed by atoms with Gasteiger partial charge in [0.1, 0.15) is 40.4 Å². The van der Waals surface area contributed by atoms with Crippen molar-refractivity contribution in [2.75, 3.05) is 0 Å². The normalized spacial score (nSPS) is 17.1. The fourth-order valence-corrected chi connectivity index (χ4v) is 6.40. The SMILES string of the molecule is CCCCCC1CCC(c2ccc(-c3ccc(-c4ccc(C(F)(F)Oc5cc(F)c(C(F)(F)F)c(F)c5)c(F)c4)c(F)c3)c(F)c2)CC1. The second-order valence-electron chi connectivity index (χ2n) is 12.2. The number of unbranched alkanes of at least 4 members (excludes halogenated alkanes) is 2. The maximum Gasteiger partial charge on any atom is 0.429 e. The Labute approximate surface area is 271 Å². The van der Waals surface area contributed by atoms with Crippen molar-refractivity contribution >= 4 is 0 Å². The summed E-state index contributed by atoms with van der Waals surface area (Å²) in [5.41, 5.74) is -2.80. The molecule has 0 radical (unpaired) electrons. The molecular formula is C37H32F10O. The fraction of sp³-hybridized carbons (Fsp3) is 0.351. The molecule has 1 aliphatic rings. The number of rotatable bonds is 10. The lowest BCUT2D eigenvalue weighted by atomic mass is 9.77. The van der Waals surface area contributed by atoms with Crippen LogP contribution in [0.4, 0.5) is 43.9 Å². The Morgan fingerprint density at radius 3 is 1.73 bits per heavy atom. The summed E-state index contributed by atoms with van der Waals surface area (Å²) in [6.07, 6.45) is -0.956. The summed E-state index contributed by atoms with van der Waals surface area (Å²) in [6, 6.07) is 10.5. The number of ether oxygens (including phenoxy) is 1. The van der Waals surface area contributed by atoms with Crippen LogP contribution in [-0.2, 0) is 12.3 Å². The van der Waals surface area contributed by atoms with Crippen LogP contribution >= 0.6 is 0 Å². The first-order valence-electron chi connectivity index (χ1n) is 15.7. The zero-order valence-corrected chi connectivity index (χ0v) is 25.9. The maximum absolute atomic E-state index is 15.3. The minimum absolute atomic E-state index is 0.0974. The molecule has 1 saturated carbocycles. The molecule has 0 bridgehead atoms. The molecule has 0 aliphatic heterocycles. The molecule has 1 aliphatic carbocycles. The van der Waals surface area contributed by atoms with Gasteiger partial charge in [-0.15, -0.1) is 0 Å². The van der Waals surface area contributed by atoms with Crippen LogP contribution in [0.1, 0.15) is 80.9 Å². The van der Waals surface area contributed by atoms with Gasteiger partial charge in [-0.25, -0.2) is 22.0 Å². The molecule has 11 heteroatoms. The molecule has 1 nitrogen and oxygen atoms in total. The Bertz CT molecular complexity index is 1730. The summed E-state index contributed by atoms with van der Waals surface area (Å²) >= 11 is 0. The lowest BCUT2D eigenvalue weighted by molar-refractivity contribution is -0.187. The van der Waals surface area contributed by atoms with Crippen LogP contribution in [0.2, 0.25) is 0 Å². The van der Waals surface area contributed by atoms with Gasteiger partial charge in [-0.2, -0.15) is 22.0 Å². The minimum Gasteiger partial charge on any atom is -0.429 e. The van der Waals surface area contributed by atoms with Crippen molar-refractivity contribution in [3.8, 4) is 28.0 Å². The first kappa shape index (κ1) is 35.3. The Kier molecular flexibility index (Phi) is 10.5. The molecule has 0 heterocycles. The first-order valence-corrected chi connectivity index (χ1v) is 15.7. The lowest BCUT2D eigenvalue weighted by Gasteiger charge is -2.29. The van der Waals surface area contributed by atoms with Crippen molar-refractivity contribution in [3.05, 3.63) is 113 Å². The van der Waals surface area contributed by atoms with Gasteiger partial charge in [0.25, 0.3) is 0 Å². The maximum atomic E-state index is 15.3. The Balaban J connectivity index is 1.30. The van der Waals surface area contributed by atoms with Crippen molar-refractivity contribution < 1.29 is 48.6 Å². The Morgan fingerprint density at radius 2 is 1.19 bits per heavy atom. The van der Waals surface area contributed by atoms with E-state index in [0.717, 1.165) is 43.4 Å². The molecule has 0 amide bonds. The van der Waals surface area contributed by atoms with Crippen LogP contribution in [0.3, 0.4) is 0 Å². The molecule has 5 rings (SSSR count). The minimum atomic E-state index is -5.43. The number of hydrogen-bond acceptors (Lipinski definition) is 1. The summed E-state index contributed by atoms with van der Waals surface area (Å²) in [5.74, 6) is -7.76. The highest BCUT2D eigenvalue weighted by atomic mass is 19.4. The van der Waals surface area contributed by atoms with Gasteiger partial charge in [-0.05, 0) is 78.5 Å². The van der Waals surface area contributed by atoms with Crippen LogP contribution < -0.4 is 4.74 Å². The molecular weight excluding hydrogens is 650 g/mol. The topological polar surface area (TPSA) is 9.23 Å². The van der Waals surface area contributed by atoms with E-state index in [1.54, 1.807) is 6.07 Å². The quantitative estimate of drug-likeness (QED) is 0.120. The third-order valence-electron chi connectivity index (χ3n) is 8.95. The van der Waals surface area contributed by atoms with Gasteiger partial charge in [0, 0.05) is 23.3 Å². The average Bonchev–Trinajstić information content (AvgIpc) is 3.00. The van der Waals surface area contributed by atoms with E-state index < -0.39 is 58.2 Å². The van der Waals surface area contributed by atoms with Gasteiger partial charge in [-0.1, -0.05) is 62.9 Å². The summed E-state index contributed by atoms with van der Waals surface area (Å²) in [7, 11) is 0. The van der Waals surface area contributed by atoms with E-state index in [-0.39, 0.29) is 40.3 Å². The van der Waals surface area contributed by atoms with E-state index in [9.17, 15) is 35.1 Å². The van der Waals surface area contributed by atoms with Gasteiger partial charge in [0.2, 0.25) is 0 Å². The van der Waals surface area contributed by atoms with Crippen LogP contribution in [0.15, 0.2) is 66.7 Å². The highest BCUT2D eigenvalue weighted by molar-refractivity contribution is 5.72. The number of halogens is 10. The molecule has 0 N–H and O–H groups in total. The van der Waals surface area contributed by atoms with Gasteiger partial charge >= 0.3 is 12.3 Å². The van der Waals surface area contributed by atoms with E-state index in [1.807, 2.05) is 6.07 Å². The molecule has 1 fully saturated rings. The fourth-order valence-electron chi connectivity index (χ4n) is 6.40. The largest absolute Gasteiger partial charge is 0.429 e. The summed E-state index contributed by atoms with van der Waals surface area (Å²) in [4.78, 5) is 0. The zero-order valence-electron chi connectivity index (χ0n) is 25.9. The van der Waals surface area contributed by atoms with E-state index in [0.29, 0.717) is 18.1 Å². The third-order valence-corrected chi connectivity index (χ3v) is 8.95. The Morgan fingerprint density at radius 1 is 0.625 bits per heavy atom. The lowest BCUT2D eigenvalue weighted by Crippen LogP contribution is -2.24. The van der Waals surface area contributed by atoms with Crippen molar-refractivity contribution in [1.29, 1.82) is 0 Å². The van der Waals surface area contributed by atoms with Crippen LogP contribution in [0.5, 0.6) is 5.75 Å². The van der Waals surface area contributed by atoms with Crippen molar-refractivity contribution in [3.63, 3.8) is 0 Å². The molecule has 0 spiro atoms. The zero-order chi connectivity index (χ0) is 34.8. The third kappa shape index (κ3) is 7.81. The highest BCUT2D eigenvalue weighted by Crippen LogP contribution is 2.41. The summed E-state index contributed by atoms with van der Waals surface area (Å²) < 4.78 is 145. The van der Waals surface area contributed by atoms with Crippen molar-refractivity contribution in [1.82, 2.24) is 0 Å². The standard InChI is InChI=1S/C37H32F10O/c1-2-3-4-5-21-6-8-22(9-7-21)23-10-13-27(30(38)16-23)24-11-14-28(31(39)17-24)25-12-15-29(32(40)18-25)37(46,47)48-26-19-33(41)35(34(42)20-26)36(43,44)45/h10-22H,2-9H2,1H3. The average molecular weight is 683 g/mol. The van der Waals surface area contributed by atoms with Crippen molar-refractivity contribution in [2.45, 2.75) is 76.5 Å². The molecule has 0 saturated heterocycles. The van der Waals surface area contributed by atoms with E-state index in [4.69, 9.17) is 0 Å². The second kappa shape index (κ2) is 14.2. The summed E-state index contributed by atoms with van der Waals surface area (Å²) in [6.45, 7) is 2.18. The van der Waals surface area contributed by atoms with Crippen LogP contribution in [0.25, 0.3) is 22.3 Å². The molecule has 0 aromatic heterocycles. The Hall–Kier alpha value is -4.02. The number of benzene rings is 4. The predicted octanol–water partition coefficient (Wildman–Crippen LogP) is 12.7. The van der Waals surface area contributed by atoms with Gasteiger partial charge in [-0.3, -0.25) is 0 Å². The smallest absolute Gasteiger partial charge is 0.429 e. The van der Waals surface area contributed by atoms with Crippen LogP contribution in [0, 0.1) is 35.0 Å². The first-order chi connectivity index (χ1) is 22.7. The highest BCUT2D eigenvalue weighted by Gasteiger charge is 2.41. The molecule has 4 aromatic carbocycles. The molecule has 48 heavy (non-hydrogen) atoms. The van der Waals surface area contributed by atoms with Crippen LogP contribution in [-0.4, -0.2) is 0 Å². The van der Waals surface area contributed by atoms with E-state index in [2.05, 4.69) is 11.7 Å². The predicted molar refractivity (Wildman–Crippen MR) is 162 cm³/mol. The van der Waals surface area contributed by atoms with Gasteiger partial charge < -0.3 is 4.74 Å². The molecule has 256 valence electrons. The number of alkyl halides is 5. The monoisotopic (exact) mass is 682 g/mol. The van der Waals surface area contributed by atoms with E-state index in [1.165, 1.54) is 43.9 Å². The van der Waals surface area contributed by atoms with E-state index >= 15 is 8.78 Å². The molecule has 0 atom stereocenters. The second-order valence-corrected chi connectivity index (χ2v) is 12.2. The molecule has 4 aromatic rings.